The molecule has 0 fully saturated rings. The van der Waals surface area contributed by atoms with E-state index in [1.54, 1.807) is 36.4 Å². The number of nitrogens with one attached hydrogen (secondary N) is 1. The lowest BCUT2D eigenvalue weighted by molar-refractivity contribution is 0.102. The molecule has 1 N–H and O–H groups in total. The van der Waals surface area contributed by atoms with Gasteiger partial charge in [-0.25, -0.2) is 4.98 Å². The van der Waals surface area contributed by atoms with Crippen LogP contribution < -0.4 is 5.32 Å². The molecule has 132 valence electrons. The smallest absolute Gasteiger partial charge is 0.257 e. The number of anilines is 1. The van der Waals surface area contributed by atoms with Crippen LogP contribution in [0.15, 0.2) is 65.7 Å². The summed E-state index contributed by atoms with van der Waals surface area (Å²) in [5, 5.41) is 10.6. The molecule has 0 aromatic carbocycles. The monoisotopic (exact) mass is 377 g/mol. The van der Waals surface area contributed by atoms with Crippen molar-refractivity contribution in [3.05, 3.63) is 77.4 Å². The van der Waals surface area contributed by atoms with E-state index in [1.807, 2.05) is 0 Å². The summed E-state index contributed by atoms with van der Waals surface area (Å²) in [4.78, 5) is 33.7. The Labute approximate surface area is 156 Å². The van der Waals surface area contributed by atoms with E-state index in [0.717, 1.165) is 11.3 Å². The number of hydrogen-bond acceptors (Lipinski definition) is 8. The van der Waals surface area contributed by atoms with Crippen LogP contribution in [-0.4, -0.2) is 31.9 Å². The lowest BCUT2D eigenvalue weighted by Gasteiger charge is -2.00. The maximum atomic E-state index is 12.8. The number of aromatic nitrogens is 4. The van der Waals surface area contributed by atoms with Crippen molar-refractivity contribution in [1.29, 1.82) is 0 Å². The fourth-order valence-corrected chi connectivity index (χ4v) is 3.23. The maximum absolute atomic E-state index is 12.8. The van der Waals surface area contributed by atoms with Gasteiger partial charge in [0.05, 0.1) is 6.26 Å². The molecule has 0 atom stereocenters. The van der Waals surface area contributed by atoms with E-state index in [9.17, 15) is 9.59 Å². The van der Waals surface area contributed by atoms with Gasteiger partial charge in [-0.15, -0.1) is 5.10 Å². The predicted molar refractivity (Wildman–Crippen MR) is 97.5 cm³/mol. The second-order valence-electron chi connectivity index (χ2n) is 5.30. The number of amides is 1. The second kappa shape index (κ2) is 7.26. The van der Waals surface area contributed by atoms with Crippen molar-refractivity contribution in [2.45, 2.75) is 0 Å². The molecule has 0 radical (unpaired) electrons. The van der Waals surface area contributed by atoms with Gasteiger partial charge in [0.15, 0.2) is 10.9 Å². The molecule has 9 heteroatoms. The first kappa shape index (κ1) is 16.7. The third-order valence-electron chi connectivity index (χ3n) is 3.56. The van der Waals surface area contributed by atoms with Gasteiger partial charge in [0.25, 0.3) is 5.91 Å². The van der Waals surface area contributed by atoms with Crippen LogP contribution in [0, 0.1) is 0 Å². The molecule has 0 aliphatic rings. The second-order valence-corrected chi connectivity index (χ2v) is 6.30. The summed E-state index contributed by atoms with van der Waals surface area (Å²) >= 11 is 1.05. The predicted octanol–water partition coefficient (Wildman–Crippen LogP) is 3.07. The minimum atomic E-state index is -0.351. The molecule has 4 rings (SSSR count). The van der Waals surface area contributed by atoms with E-state index in [-0.39, 0.29) is 22.5 Å². The first-order valence-electron chi connectivity index (χ1n) is 7.81. The van der Waals surface area contributed by atoms with Crippen LogP contribution in [0.4, 0.5) is 5.13 Å². The van der Waals surface area contributed by atoms with Crippen molar-refractivity contribution in [2.24, 2.45) is 0 Å². The fraction of sp³-hybridized carbons (Fsp3) is 0. The van der Waals surface area contributed by atoms with E-state index in [4.69, 9.17) is 4.42 Å². The molecule has 0 saturated carbocycles. The molecule has 1 amide bonds. The van der Waals surface area contributed by atoms with Gasteiger partial charge in [-0.1, -0.05) is 11.3 Å². The third-order valence-corrected chi connectivity index (χ3v) is 4.53. The molecule has 0 aliphatic heterocycles. The summed E-state index contributed by atoms with van der Waals surface area (Å²) in [5.41, 5.74) is 0.952. The largest absolute Gasteiger partial charge is 0.463 e. The molecule has 27 heavy (non-hydrogen) atoms. The van der Waals surface area contributed by atoms with Crippen LogP contribution in [0.5, 0.6) is 0 Å². The van der Waals surface area contributed by atoms with Crippen molar-refractivity contribution in [3.8, 4) is 11.5 Å². The molecule has 4 aromatic rings. The van der Waals surface area contributed by atoms with Crippen LogP contribution in [0.25, 0.3) is 11.5 Å². The van der Waals surface area contributed by atoms with Crippen molar-refractivity contribution in [2.75, 3.05) is 5.32 Å². The lowest BCUT2D eigenvalue weighted by Crippen LogP contribution is -2.11. The highest BCUT2D eigenvalue weighted by Gasteiger charge is 2.24. The van der Waals surface area contributed by atoms with Gasteiger partial charge in [0, 0.05) is 24.2 Å². The van der Waals surface area contributed by atoms with Gasteiger partial charge in [-0.05, 0) is 36.4 Å². The number of hydrogen-bond donors (Lipinski definition) is 1. The number of rotatable bonds is 5. The topological polar surface area (TPSA) is 111 Å². The summed E-state index contributed by atoms with van der Waals surface area (Å²) in [5.74, 6) is -0.282. The van der Waals surface area contributed by atoms with Gasteiger partial charge in [0.2, 0.25) is 5.78 Å². The first-order chi connectivity index (χ1) is 13.2. The molecular weight excluding hydrogens is 366 g/mol. The van der Waals surface area contributed by atoms with Crippen LogP contribution in [-0.2, 0) is 0 Å². The Hall–Kier alpha value is -3.72. The number of carbonyl (C=O) groups excluding carboxylic acids is 2. The number of pyridine rings is 1. The molecule has 0 unspecified atom stereocenters. The molecule has 0 bridgehead atoms. The highest BCUT2D eigenvalue weighted by atomic mass is 32.1. The standard InChI is InChI=1S/C18H11N5O3S/c24-15(12-3-1-7-20-23-12)16-14(13-4-2-10-26-13)21-18(27-16)22-17(25)11-5-8-19-9-6-11/h1-10H,(H,21,22,25). The number of thiazole rings is 1. The highest BCUT2D eigenvalue weighted by Crippen LogP contribution is 2.33. The van der Waals surface area contributed by atoms with E-state index in [2.05, 4.69) is 25.5 Å². The molecule has 4 aromatic heterocycles. The van der Waals surface area contributed by atoms with Crippen LogP contribution >= 0.6 is 11.3 Å². The summed E-state index contributed by atoms with van der Waals surface area (Å²) in [6, 6.07) is 9.75. The van der Waals surface area contributed by atoms with E-state index >= 15 is 0 Å². The zero-order valence-corrected chi connectivity index (χ0v) is 14.5. The van der Waals surface area contributed by atoms with Gasteiger partial charge in [-0.3, -0.25) is 19.9 Å². The molecule has 0 aliphatic carbocycles. The Kier molecular flexibility index (Phi) is 4.50. The summed E-state index contributed by atoms with van der Waals surface area (Å²) < 4.78 is 5.38. The zero-order valence-electron chi connectivity index (χ0n) is 13.7. The maximum Gasteiger partial charge on any atom is 0.257 e. The Morgan fingerprint density at radius 1 is 1.04 bits per heavy atom. The van der Waals surface area contributed by atoms with Crippen molar-refractivity contribution < 1.29 is 14.0 Å². The molecule has 0 saturated heterocycles. The third kappa shape index (κ3) is 3.48. The Morgan fingerprint density at radius 3 is 2.59 bits per heavy atom. The minimum absolute atomic E-state index is 0.181. The number of furan rings is 1. The molecule has 0 spiro atoms. The van der Waals surface area contributed by atoms with Crippen LogP contribution in [0.2, 0.25) is 0 Å². The summed E-state index contributed by atoms with van der Waals surface area (Å²) in [6.45, 7) is 0. The van der Waals surface area contributed by atoms with Crippen LogP contribution in [0.1, 0.15) is 25.7 Å². The highest BCUT2D eigenvalue weighted by molar-refractivity contribution is 7.18. The molecular formula is C18H11N5O3S. The van der Waals surface area contributed by atoms with E-state index in [0.29, 0.717) is 21.9 Å². The van der Waals surface area contributed by atoms with Crippen molar-refractivity contribution in [3.63, 3.8) is 0 Å². The minimum Gasteiger partial charge on any atom is -0.463 e. The number of ketones is 1. The Balaban J connectivity index is 1.70. The summed E-state index contributed by atoms with van der Waals surface area (Å²) in [7, 11) is 0. The average Bonchev–Trinajstić information content (AvgIpc) is 3.38. The average molecular weight is 377 g/mol. The zero-order chi connectivity index (χ0) is 18.6. The van der Waals surface area contributed by atoms with E-state index < -0.39 is 0 Å². The summed E-state index contributed by atoms with van der Waals surface area (Å²) in [6.07, 6.45) is 6.01. The SMILES string of the molecule is O=C(Nc1nc(-c2ccco2)c(C(=O)c2cccnn2)s1)c1ccncc1. The van der Waals surface area contributed by atoms with Crippen molar-refractivity contribution >= 4 is 28.2 Å². The number of nitrogens with zero attached hydrogens (tertiary/aromatic N) is 4. The Bertz CT molecular complexity index is 1080. The van der Waals surface area contributed by atoms with Gasteiger partial charge >= 0.3 is 0 Å². The number of carbonyl (C=O) groups is 2. The quantitative estimate of drug-likeness (QED) is 0.532. The van der Waals surface area contributed by atoms with Gasteiger partial charge < -0.3 is 4.42 Å². The molecule has 4 heterocycles. The molecule has 8 nitrogen and oxygen atoms in total. The first-order valence-corrected chi connectivity index (χ1v) is 8.62. The van der Waals surface area contributed by atoms with Crippen LogP contribution in [0.3, 0.4) is 0 Å². The lowest BCUT2D eigenvalue weighted by atomic mass is 10.2. The van der Waals surface area contributed by atoms with E-state index in [1.165, 1.54) is 24.9 Å². The fourth-order valence-electron chi connectivity index (χ4n) is 2.32. The van der Waals surface area contributed by atoms with Gasteiger partial charge in [-0.2, -0.15) is 5.10 Å². The normalized spacial score (nSPS) is 10.5. The van der Waals surface area contributed by atoms with Gasteiger partial charge in [0.1, 0.15) is 16.3 Å². The Morgan fingerprint density at radius 2 is 1.89 bits per heavy atom. The van der Waals surface area contributed by atoms with Crippen molar-refractivity contribution in [1.82, 2.24) is 20.2 Å².